The number of rotatable bonds is 10. The van der Waals surface area contributed by atoms with Crippen molar-refractivity contribution in [3.63, 3.8) is 0 Å². The van der Waals surface area contributed by atoms with Crippen LogP contribution in [-0.2, 0) is 23.9 Å². The molecule has 50 heavy (non-hydrogen) atoms. The number of aromatic nitrogens is 3. The maximum Gasteiger partial charge on any atom is 0.421 e. The first-order chi connectivity index (χ1) is 24.0. The molecule has 0 unspecified atom stereocenters. The molecule has 3 aromatic heterocycles. The molecule has 0 radical (unpaired) electrons. The van der Waals surface area contributed by atoms with Crippen molar-refractivity contribution in [3.05, 3.63) is 81.5 Å². The normalized spacial score (nSPS) is 16.1. The number of hydrogen-bond acceptors (Lipinski definition) is 9. The van der Waals surface area contributed by atoms with Crippen molar-refractivity contribution in [1.82, 2.24) is 19.9 Å². The summed E-state index contributed by atoms with van der Waals surface area (Å²) in [6.07, 6.45) is -2.83. The Kier molecular flexibility index (Phi) is 10.1. The van der Waals surface area contributed by atoms with Crippen LogP contribution in [0.5, 0.6) is 17.6 Å². The van der Waals surface area contributed by atoms with Gasteiger partial charge in [-0.15, -0.1) is 0 Å². The second-order valence-electron chi connectivity index (χ2n) is 11.7. The van der Waals surface area contributed by atoms with Gasteiger partial charge in [-0.25, -0.2) is 9.78 Å². The SMILES string of the molecule is COc1nc(O[C@H]2CCc3c(-c4nccc(-c5ccc(CN(C(=O)O)C6CCOCC6)c(OC)n5)c4Cl)cccc32)c(C(F)(F)F)cc1C=O. The van der Waals surface area contributed by atoms with Crippen LogP contribution in [0.4, 0.5) is 18.0 Å². The molecule has 1 aliphatic carbocycles. The third kappa shape index (κ3) is 6.90. The third-order valence-corrected chi connectivity index (χ3v) is 9.23. The summed E-state index contributed by atoms with van der Waals surface area (Å²) >= 11 is 6.99. The van der Waals surface area contributed by atoms with Crippen molar-refractivity contribution < 1.29 is 46.8 Å². The minimum atomic E-state index is -4.83. The molecule has 0 saturated carbocycles. The van der Waals surface area contributed by atoms with E-state index in [4.69, 9.17) is 30.5 Å². The Labute approximate surface area is 289 Å². The number of hydrogen-bond donors (Lipinski definition) is 1. The van der Waals surface area contributed by atoms with E-state index in [-0.39, 0.29) is 41.2 Å². The Morgan fingerprint density at radius 1 is 1.04 bits per heavy atom. The largest absolute Gasteiger partial charge is 0.481 e. The van der Waals surface area contributed by atoms with Crippen LogP contribution in [0.15, 0.2) is 48.7 Å². The topological polar surface area (TPSA) is 133 Å². The molecule has 1 aliphatic heterocycles. The van der Waals surface area contributed by atoms with E-state index in [9.17, 15) is 27.9 Å². The number of benzene rings is 1. The fraction of sp³-hybridized carbons (Fsp3) is 0.343. The number of nitrogens with zero attached hydrogens (tertiary/aromatic N) is 4. The van der Waals surface area contributed by atoms with Gasteiger partial charge in [-0.3, -0.25) is 9.78 Å². The van der Waals surface area contributed by atoms with Crippen LogP contribution < -0.4 is 14.2 Å². The Morgan fingerprint density at radius 3 is 2.48 bits per heavy atom. The molecule has 262 valence electrons. The molecular weight excluding hydrogens is 681 g/mol. The van der Waals surface area contributed by atoms with Crippen LogP contribution in [0.2, 0.25) is 5.02 Å². The van der Waals surface area contributed by atoms with Crippen molar-refractivity contribution >= 4 is 24.0 Å². The molecule has 0 bridgehead atoms. The molecule has 6 rings (SSSR count). The lowest BCUT2D eigenvalue weighted by molar-refractivity contribution is -0.139. The molecule has 11 nitrogen and oxygen atoms in total. The smallest absolute Gasteiger partial charge is 0.421 e. The highest BCUT2D eigenvalue weighted by Crippen LogP contribution is 2.45. The molecule has 1 fully saturated rings. The van der Waals surface area contributed by atoms with Gasteiger partial charge >= 0.3 is 12.3 Å². The Hall–Kier alpha value is -4.95. The Bertz CT molecular complexity index is 1920. The van der Waals surface area contributed by atoms with E-state index in [1.54, 1.807) is 36.5 Å². The second kappa shape index (κ2) is 14.5. The molecule has 1 N–H and O–H groups in total. The number of pyridine rings is 3. The molecular formula is C35H32ClF3N4O7. The molecule has 15 heteroatoms. The summed E-state index contributed by atoms with van der Waals surface area (Å²) in [5.41, 5.74) is 2.64. The summed E-state index contributed by atoms with van der Waals surface area (Å²) in [4.78, 5) is 38.0. The van der Waals surface area contributed by atoms with Gasteiger partial charge in [-0.2, -0.15) is 18.2 Å². The second-order valence-corrected chi connectivity index (χ2v) is 12.1. The van der Waals surface area contributed by atoms with Crippen LogP contribution in [0.3, 0.4) is 0 Å². The number of aldehydes is 1. The third-order valence-electron chi connectivity index (χ3n) is 8.85. The van der Waals surface area contributed by atoms with Crippen molar-refractivity contribution in [1.29, 1.82) is 0 Å². The van der Waals surface area contributed by atoms with Crippen molar-refractivity contribution in [2.75, 3.05) is 27.4 Å². The van der Waals surface area contributed by atoms with E-state index < -0.39 is 29.8 Å². The van der Waals surface area contributed by atoms with Gasteiger partial charge in [0.1, 0.15) is 11.7 Å². The molecule has 2 aliphatic rings. The van der Waals surface area contributed by atoms with Gasteiger partial charge < -0.3 is 29.0 Å². The van der Waals surface area contributed by atoms with Gasteiger partial charge in [0.05, 0.1) is 42.7 Å². The Morgan fingerprint density at radius 2 is 1.80 bits per heavy atom. The predicted octanol–water partition coefficient (Wildman–Crippen LogP) is 7.43. The lowest BCUT2D eigenvalue weighted by atomic mass is 9.98. The molecule has 1 amide bonds. The number of carboxylic acid groups (broad SMARTS) is 1. The van der Waals surface area contributed by atoms with E-state index in [1.165, 1.54) is 19.1 Å². The van der Waals surface area contributed by atoms with E-state index in [2.05, 4.69) is 15.0 Å². The van der Waals surface area contributed by atoms with Crippen molar-refractivity contribution in [2.45, 2.75) is 50.6 Å². The van der Waals surface area contributed by atoms with Gasteiger partial charge in [-0.1, -0.05) is 29.8 Å². The van der Waals surface area contributed by atoms with Crippen LogP contribution in [0.25, 0.3) is 22.5 Å². The van der Waals surface area contributed by atoms with E-state index in [1.807, 2.05) is 6.07 Å². The lowest BCUT2D eigenvalue weighted by Crippen LogP contribution is -2.42. The number of ether oxygens (including phenoxy) is 4. The first-order valence-corrected chi connectivity index (χ1v) is 16.1. The van der Waals surface area contributed by atoms with Gasteiger partial charge in [0.25, 0.3) is 0 Å². The zero-order valence-electron chi connectivity index (χ0n) is 27.0. The number of carbonyl (C=O) groups excluding carboxylic acids is 1. The first kappa shape index (κ1) is 34.9. The van der Waals surface area contributed by atoms with E-state index in [0.717, 1.165) is 5.56 Å². The number of methoxy groups -OCH3 is 2. The summed E-state index contributed by atoms with van der Waals surface area (Å²) in [5, 5.41) is 10.2. The number of carbonyl (C=O) groups is 2. The number of fused-ring (bicyclic) bond motifs is 1. The summed E-state index contributed by atoms with van der Waals surface area (Å²) in [6, 6.07) is 11.0. The van der Waals surface area contributed by atoms with Crippen LogP contribution in [-0.4, -0.2) is 70.8 Å². The van der Waals surface area contributed by atoms with Gasteiger partial charge in [0, 0.05) is 42.1 Å². The highest BCUT2D eigenvalue weighted by Gasteiger charge is 2.39. The van der Waals surface area contributed by atoms with Crippen molar-refractivity contribution in [2.24, 2.45) is 0 Å². The minimum Gasteiger partial charge on any atom is -0.481 e. The average Bonchev–Trinajstić information content (AvgIpc) is 3.53. The summed E-state index contributed by atoms with van der Waals surface area (Å²) in [5.74, 6) is -0.718. The van der Waals surface area contributed by atoms with Gasteiger partial charge in [0.2, 0.25) is 17.6 Å². The molecule has 4 aromatic rings. The standard InChI is InChI=1S/C35H32ClF3N4O7/c1-47-31-19(17-43(34(45)46)21-11-14-49-15-12-21)6-8-27(41-31)25-10-13-40-30(29(25)36)24-5-3-4-23-22(24)7-9-28(23)50-33-26(35(37,38)39)16-20(18-44)32(42-33)48-2/h3-6,8,10,13,16,18,21,28H,7,9,11-12,14-15,17H2,1-2H3,(H,45,46)/t28-/m0/s1. The quantitative estimate of drug-likeness (QED) is 0.166. The summed E-state index contributed by atoms with van der Waals surface area (Å²) < 4.78 is 63.8. The van der Waals surface area contributed by atoms with E-state index in [0.29, 0.717) is 78.6 Å². The lowest BCUT2D eigenvalue weighted by Gasteiger charge is -2.32. The molecule has 4 heterocycles. The molecule has 1 aromatic carbocycles. The number of amides is 1. The zero-order valence-corrected chi connectivity index (χ0v) is 27.8. The van der Waals surface area contributed by atoms with Crippen LogP contribution >= 0.6 is 11.6 Å². The van der Waals surface area contributed by atoms with Gasteiger partial charge in [-0.05, 0) is 61.1 Å². The molecule has 0 spiro atoms. The minimum absolute atomic E-state index is 0.0825. The van der Waals surface area contributed by atoms with Crippen LogP contribution in [0.1, 0.15) is 58.0 Å². The summed E-state index contributed by atoms with van der Waals surface area (Å²) in [6.45, 7) is 1.07. The Balaban J connectivity index is 1.31. The monoisotopic (exact) mass is 712 g/mol. The highest BCUT2D eigenvalue weighted by atomic mass is 35.5. The van der Waals surface area contributed by atoms with Crippen LogP contribution in [0, 0.1) is 0 Å². The number of halogens is 4. The maximum atomic E-state index is 14.0. The highest BCUT2D eigenvalue weighted by molar-refractivity contribution is 6.35. The average molecular weight is 713 g/mol. The summed E-state index contributed by atoms with van der Waals surface area (Å²) in [7, 11) is 2.66. The van der Waals surface area contributed by atoms with Gasteiger partial charge in [0.15, 0.2) is 6.29 Å². The maximum absolute atomic E-state index is 14.0. The molecule has 1 saturated heterocycles. The predicted molar refractivity (Wildman–Crippen MR) is 175 cm³/mol. The van der Waals surface area contributed by atoms with Crippen molar-refractivity contribution in [3.8, 4) is 40.2 Å². The first-order valence-electron chi connectivity index (χ1n) is 15.7. The molecule has 1 atom stereocenters. The number of alkyl halides is 3. The fourth-order valence-electron chi connectivity index (χ4n) is 6.41. The zero-order chi connectivity index (χ0) is 35.6. The van der Waals surface area contributed by atoms with E-state index >= 15 is 0 Å². The fourth-order valence-corrected chi connectivity index (χ4v) is 6.72.